The first-order valence-electron chi connectivity index (χ1n) is 12.1. The number of aliphatic imine (C=N–C) groups is 1. The molecule has 1 amide bonds. The number of para-hydroxylation sites is 1. The van der Waals surface area contributed by atoms with Gasteiger partial charge in [0.05, 0.1) is 10.6 Å². The van der Waals surface area contributed by atoms with Crippen LogP contribution in [-0.4, -0.2) is 22.0 Å². The first-order valence-corrected chi connectivity index (χ1v) is 13.7. The molecule has 0 radical (unpaired) electrons. The number of thioether (sulfide) groups is 1. The monoisotopic (exact) mass is 536 g/mol. The summed E-state index contributed by atoms with van der Waals surface area (Å²) in [5, 5.41) is 1.92. The molecule has 3 aromatic carbocycles. The van der Waals surface area contributed by atoms with Crippen LogP contribution in [0.1, 0.15) is 43.2 Å². The van der Waals surface area contributed by atoms with Gasteiger partial charge >= 0.3 is 0 Å². The number of amidine groups is 1. The molecule has 0 aromatic heterocycles. The van der Waals surface area contributed by atoms with E-state index in [1.54, 1.807) is 12.1 Å². The molecule has 1 aliphatic carbocycles. The zero-order valence-electron chi connectivity index (χ0n) is 19.7. The Morgan fingerprint density at radius 3 is 2.56 bits per heavy atom. The van der Waals surface area contributed by atoms with Gasteiger partial charge in [-0.1, -0.05) is 78.9 Å². The molecule has 1 aliphatic heterocycles. The van der Waals surface area contributed by atoms with Crippen molar-refractivity contribution in [2.24, 2.45) is 4.99 Å². The van der Waals surface area contributed by atoms with E-state index in [0.717, 1.165) is 47.7 Å². The highest BCUT2D eigenvalue weighted by Crippen LogP contribution is 2.38. The van der Waals surface area contributed by atoms with Crippen molar-refractivity contribution in [2.45, 2.75) is 44.8 Å². The first-order chi connectivity index (χ1) is 17.6. The second kappa shape index (κ2) is 11.5. The average molecular weight is 538 g/mol. The highest BCUT2D eigenvalue weighted by Gasteiger charge is 2.38. The molecule has 0 bridgehead atoms. The normalized spacial score (nSPS) is 18.8. The Bertz CT molecular complexity index is 1300. The lowest BCUT2D eigenvalue weighted by Gasteiger charge is -2.30. The molecule has 7 heteroatoms. The Morgan fingerprint density at radius 2 is 1.78 bits per heavy atom. The molecule has 0 unspecified atom stereocenters. The van der Waals surface area contributed by atoms with E-state index in [1.165, 1.54) is 18.2 Å². The van der Waals surface area contributed by atoms with Crippen molar-refractivity contribution >= 4 is 57.8 Å². The van der Waals surface area contributed by atoms with Gasteiger partial charge in [0, 0.05) is 21.7 Å². The van der Waals surface area contributed by atoms with E-state index in [2.05, 4.69) is 0 Å². The maximum absolute atomic E-state index is 13.6. The summed E-state index contributed by atoms with van der Waals surface area (Å²) < 4.78 is 5.98. The van der Waals surface area contributed by atoms with Crippen LogP contribution in [0.2, 0.25) is 10.0 Å². The van der Waals surface area contributed by atoms with Crippen molar-refractivity contribution in [3.05, 3.63) is 98.9 Å². The maximum atomic E-state index is 13.6. The Labute approximate surface area is 226 Å². The number of carbonyl (C=O) groups is 1. The number of hydrogen-bond donors (Lipinski definition) is 0. The molecule has 5 rings (SSSR count). The average Bonchev–Trinajstić information content (AvgIpc) is 3.19. The zero-order valence-corrected chi connectivity index (χ0v) is 22.0. The van der Waals surface area contributed by atoms with Crippen LogP contribution in [0.3, 0.4) is 0 Å². The van der Waals surface area contributed by atoms with E-state index in [9.17, 15) is 4.79 Å². The van der Waals surface area contributed by atoms with E-state index < -0.39 is 0 Å². The van der Waals surface area contributed by atoms with Gasteiger partial charge in [-0.3, -0.25) is 9.69 Å². The summed E-state index contributed by atoms with van der Waals surface area (Å²) in [6.07, 6.45) is 7.49. The lowest BCUT2D eigenvalue weighted by Crippen LogP contribution is -2.40. The minimum atomic E-state index is 0.0286. The van der Waals surface area contributed by atoms with Crippen molar-refractivity contribution in [2.75, 3.05) is 0 Å². The van der Waals surface area contributed by atoms with Crippen molar-refractivity contribution in [1.29, 1.82) is 0 Å². The Morgan fingerprint density at radius 1 is 0.972 bits per heavy atom. The van der Waals surface area contributed by atoms with Crippen LogP contribution in [0.4, 0.5) is 5.69 Å². The zero-order chi connectivity index (χ0) is 24.9. The fourth-order valence-corrected chi connectivity index (χ4v) is 6.01. The van der Waals surface area contributed by atoms with Gasteiger partial charge in [0.1, 0.15) is 12.4 Å². The van der Waals surface area contributed by atoms with E-state index in [-0.39, 0.29) is 11.9 Å². The minimum absolute atomic E-state index is 0.0286. The van der Waals surface area contributed by atoms with E-state index in [0.29, 0.717) is 27.3 Å². The summed E-state index contributed by atoms with van der Waals surface area (Å²) >= 11 is 13.7. The second-order valence-electron chi connectivity index (χ2n) is 8.90. The van der Waals surface area contributed by atoms with E-state index in [4.69, 9.17) is 32.9 Å². The SMILES string of the molecule is O=C1/C(=C/c2cccc(OCc3ccc(Cl)cc3Cl)c2)SC(=Nc2ccccc2)N1C1CCCCC1. The maximum Gasteiger partial charge on any atom is 0.267 e. The van der Waals surface area contributed by atoms with Gasteiger partial charge < -0.3 is 4.74 Å². The number of halogens is 2. The third kappa shape index (κ3) is 5.97. The van der Waals surface area contributed by atoms with Gasteiger partial charge in [-0.15, -0.1) is 0 Å². The second-order valence-corrected chi connectivity index (χ2v) is 10.8. The number of amides is 1. The summed E-state index contributed by atoms with van der Waals surface area (Å²) in [7, 11) is 0. The fraction of sp³-hybridized carbons (Fsp3) is 0.241. The molecule has 1 heterocycles. The molecule has 1 saturated carbocycles. The summed E-state index contributed by atoms with van der Waals surface area (Å²) in [4.78, 5) is 21.0. The van der Waals surface area contributed by atoms with Crippen LogP contribution >= 0.6 is 35.0 Å². The largest absolute Gasteiger partial charge is 0.489 e. The summed E-state index contributed by atoms with van der Waals surface area (Å²) in [6, 6.07) is 23.1. The number of nitrogens with zero attached hydrogens (tertiary/aromatic N) is 2. The van der Waals surface area contributed by atoms with Crippen LogP contribution in [0.15, 0.2) is 82.7 Å². The van der Waals surface area contributed by atoms with Crippen molar-refractivity contribution in [3.63, 3.8) is 0 Å². The lowest BCUT2D eigenvalue weighted by molar-refractivity contribution is -0.124. The van der Waals surface area contributed by atoms with Gasteiger partial charge in [0.25, 0.3) is 5.91 Å². The lowest BCUT2D eigenvalue weighted by atomic mass is 9.94. The van der Waals surface area contributed by atoms with Crippen LogP contribution in [0.25, 0.3) is 6.08 Å². The van der Waals surface area contributed by atoms with Gasteiger partial charge in [0.15, 0.2) is 5.17 Å². The molecule has 4 nitrogen and oxygen atoms in total. The Kier molecular flexibility index (Phi) is 8.00. The molecule has 36 heavy (non-hydrogen) atoms. The van der Waals surface area contributed by atoms with Crippen molar-refractivity contribution in [3.8, 4) is 5.75 Å². The first kappa shape index (κ1) is 24.9. The molecular weight excluding hydrogens is 511 g/mol. The topological polar surface area (TPSA) is 41.9 Å². The summed E-state index contributed by atoms with van der Waals surface area (Å²) in [5.41, 5.74) is 2.61. The standard InChI is InChI=1S/C29H26Cl2N2O2S/c30-22-15-14-21(26(31)18-22)19-35-25-13-7-8-20(16-25)17-27-28(34)33(24-11-5-2-6-12-24)29(36-27)32-23-9-3-1-4-10-23/h1,3-4,7-10,13-18,24H,2,5-6,11-12,19H2/b27-17-,32-29?. The highest BCUT2D eigenvalue weighted by molar-refractivity contribution is 8.18. The minimum Gasteiger partial charge on any atom is -0.489 e. The third-order valence-corrected chi connectivity index (χ3v) is 7.89. The van der Waals surface area contributed by atoms with Gasteiger partial charge in [-0.25, -0.2) is 4.99 Å². The van der Waals surface area contributed by atoms with Gasteiger partial charge in [0.2, 0.25) is 0 Å². The molecular formula is C29H26Cl2N2O2S. The predicted octanol–water partition coefficient (Wildman–Crippen LogP) is 8.51. The number of rotatable bonds is 6. The molecule has 0 N–H and O–H groups in total. The predicted molar refractivity (Wildman–Crippen MR) is 150 cm³/mol. The third-order valence-electron chi connectivity index (χ3n) is 6.32. The molecule has 0 atom stereocenters. The van der Waals surface area contributed by atoms with E-state index >= 15 is 0 Å². The molecule has 2 fully saturated rings. The Hall–Kier alpha value is -2.73. The van der Waals surface area contributed by atoms with Gasteiger partial charge in [-0.05, 0) is 72.6 Å². The number of benzene rings is 3. The van der Waals surface area contributed by atoms with Crippen LogP contribution in [-0.2, 0) is 11.4 Å². The number of hydrogen-bond acceptors (Lipinski definition) is 4. The number of ether oxygens (including phenoxy) is 1. The quantitative estimate of drug-likeness (QED) is 0.296. The molecule has 184 valence electrons. The molecule has 2 aliphatic rings. The van der Waals surface area contributed by atoms with Crippen LogP contribution < -0.4 is 4.74 Å². The summed E-state index contributed by atoms with van der Waals surface area (Å²) in [5.74, 6) is 0.731. The number of carbonyl (C=O) groups excluding carboxylic acids is 1. The smallest absolute Gasteiger partial charge is 0.267 e. The van der Waals surface area contributed by atoms with Crippen LogP contribution in [0, 0.1) is 0 Å². The summed E-state index contributed by atoms with van der Waals surface area (Å²) in [6.45, 7) is 0.326. The molecule has 0 spiro atoms. The van der Waals surface area contributed by atoms with Crippen molar-refractivity contribution in [1.82, 2.24) is 4.90 Å². The van der Waals surface area contributed by atoms with E-state index in [1.807, 2.05) is 71.6 Å². The molecule has 3 aromatic rings. The molecule has 1 saturated heterocycles. The van der Waals surface area contributed by atoms with Crippen LogP contribution in [0.5, 0.6) is 5.75 Å². The van der Waals surface area contributed by atoms with Gasteiger partial charge in [-0.2, -0.15) is 0 Å². The Balaban J connectivity index is 1.38. The highest BCUT2D eigenvalue weighted by atomic mass is 35.5. The fourth-order valence-electron chi connectivity index (χ4n) is 4.48. The van der Waals surface area contributed by atoms with Crippen molar-refractivity contribution < 1.29 is 9.53 Å².